The van der Waals surface area contributed by atoms with Gasteiger partial charge in [-0.05, 0) is 40.7 Å². The molecule has 0 aromatic carbocycles. The summed E-state index contributed by atoms with van der Waals surface area (Å²) in [6.45, 7) is 8.48. The first kappa shape index (κ1) is 13.4. The standard InChI is InChI=1S/C10H22N2O2/c1-8(11-6-5-7-13)9(14)12-10(2,3)4/h8,11,13H,5-7H2,1-4H3,(H,12,14). The van der Waals surface area contributed by atoms with E-state index >= 15 is 0 Å². The molecule has 3 N–H and O–H groups in total. The van der Waals surface area contributed by atoms with Crippen molar-refractivity contribution in [3.8, 4) is 0 Å². The summed E-state index contributed by atoms with van der Waals surface area (Å²) in [4.78, 5) is 11.5. The molecule has 0 aliphatic carbocycles. The molecular weight excluding hydrogens is 180 g/mol. The van der Waals surface area contributed by atoms with Crippen LogP contribution in [0.2, 0.25) is 0 Å². The van der Waals surface area contributed by atoms with Crippen LogP contribution in [0.1, 0.15) is 34.1 Å². The predicted octanol–water partition coefficient (Wildman–Crippen LogP) is 0.262. The number of amides is 1. The molecule has 0 rings (SSSR count). The topological polar surface area (TPSA) is 61.4 Å². The van der Waals surface area contributed by atoms with Crippen molar-refractivity contribution in [3.63, 3.8) is 0 Å². The molecule has 0 bridgehead atoms. The van der Waals surface area contributed by atoms with Crippen molar-refractivity contribution in [2.75, 3.05) is 13.2 Å². The highest BCUT2D eigenvalue weighted by Gasteiger charge is 2.18. The number of nitrogens with one attached hydrogen (secondary N) is 2. The normalized spacial score (nSPS) is 13.8. The molecule has 84 valence electrons. The van der Waals surface area contributed by atoms with Crippen LogP contribution in [-0.2, 0) is 4.79 Å². The van der Waals surface area contributed by atoms with E-state index in [1.165, 1.54) is 0 Å². The van der Waals surface area contributed by atoms with Gasteiger partial charge in [-0.3, -0.25) is 4.79 Å². The second kappa shape index (κ2) is 5.98. The SMILES string of the molecule is CC(NCCCO)C(=O)NC(C)(C)C. The Labute approximate surface area is 86.1 Å². The summed E-state index contributed by atoms with van der Waals surface area (Å²) < 4.78 is 0. The molecule has 0 saturated heterocycles. The molecule has 1 amide bonds. The third-order valence-electron chi connectivity index (χ3n) is 1.68. The summed E-state index contributed by atoms with van der Waals surface area (Å²) in [7, 11) is 0. The highest BCUT2D eigenvalue weighted by atomic mass is 16.3. The number of rotatable bonds is 5. The number of hydrogen-bond donors (Lipinski definition) is 3. The largest absolute Gasteiger partial charge is 0.396 e. The van der Waals surface area contributed by atoms with Gasteiger partial charge in [0.2, 0.25) is 5.91 Å². The lowest BCUT2D eigenvalue weighted by atomic mass is 10.1. The Morgan fingerprint density at radius 2 is 2.00 bits per heavy atom. The molecule has 0 saturated carbocycles. The summed E-state index contributed by atoms with van der Waals surface area (Å²) in [5, 5.41) is 14.5. The Balaban J connectivity index is 3.77. The van der Waals surface area contributed by atoms with Crippen molar-refractivity contribution in [1.82, 2.24) is 10.6 Å². The van der Waals surface area contributed by atoms with Gasteiger partial charge in [-0.25, -0.2) is 0 Å². The van der Waals surface area contributed by atoms with Gasteiger partial charge in [0.1, 0.15) is 0 Å². The third-order valence-corrected chi connectivity index (χ3v) is 1.68. The Morgan fingerprint density at radius 1 is 1.43 bits per heavy atom. The summed E-state index contributed by atoms with van der Waals surface area (Å²) in [5.41, 5.74) is -0.190. The zero-order chi connectivity index (χ0) is 11.2. The maximum absolute atomic E-state index is 11.5. The van der Waals surface area contributed by atoms with Crippen LogP contribution in [-0.4, -0.2) is 35.7 Å². The van der Waals surface area contributed by atoms with Gasteiger partial charge in [0.25, 0.3) is 0 Å². The first-order valence-corrected chi connectivity index (χ1v) is 5.03. The number of aliphatic hydroxyl groups is 1. The molecule has 0 heterocycles. The van der Waals surface area contributed by atoms with Gasteiger partial charge < -0.3 is 15.7 Å². The summed E-state index contributed by atoms with van der Waals surface area (Å²) in [5.74, 6) is -0.00422. The fraction of sp³-hybridized carbons (Fsp3) is 0.900. The molecular formula is C10H22N2O2. The van der Waals surface area contributed by atoms with Crippen LogP contribution in [0.4, 0.5) is 0 Å². The summed E-state index contributed by atoms with van der Waals surface area (Å²) in [6.07, 6.45) is 0.674. The maximum atomic E-state index is 11.5. The molecule has 1 unspecified atom stereocenters. The van der Waals surface area contributed by atoms with Gasteiger partial charge >= 0.3 is 0 Å². The molecule has 4 heteroatoms. The monoisotopic (exact) mass is 202 g/mol. The van der Waals surface area contributed by atoms with Crippen molar-refractivity contribution in [3.05, 3.63) is 0 Å². The van der Waals surface area contributed by atoms with Crippen LogP contribution in [0.5, 0.6) is 0 Å². The molecule has 0 aromatic rings. The average molecular weight is 202 g/mol. The van der Waals surface area contributed by atoms with Gasteiger partial charge in [-0.15, -0.1) is 0 Å². The lowest BCUT2D eigenvalue weighted by molar-refractivity contribution is -0.124. The maximum Gasteiger partial charge on any atom is 0.237 e. The third kappa shape index (κ3) is 6.86. The van der Waals surface area contributed by atoms with Crippen LogP contribution in [0, 0.1) is 0 Å². The van der Waals surface area contributed by atoms with Crippen molar-refractivity contribution < 1.29 is 9.90 Å². The summed E-state index contributed by atoms with van der Waals surface area (Å²) in [6, 6.07) is -0.208. The van der Waals surface area contributed by atoms with E-state index in [4.69, 9.17) is 5.11 Å². The first-order chi connectivity index (χ1) is 6.37. The number of aliphatic hydroxyl groups excluding tert-OH is 1. The number of hydrogen-bond acceptors (Lipinski definition) is 3. The highest BCUT2D eigenvalue weighted by molar-refractivity contribution is 5.81. The Kier molecular flexibility index (Phi) is 5.72. The van der Waals surface area contributed by atoms with Crippen molar-refractivity contribution in [2.24, 2.45) is 0 Å². The second-order valence-electron chi connectivity index (χ2n) is 4.49. The Bertz CT molecular complexity index is 175. The van der Waals surface area contributed by atoms with Crippen molar-refractivity contribution >= 4 is 5.91 Å². The van der Waals surface area contributed by atoms with Gasteiger partial charge in [0.05, 0.1) is 6.04 Å². The van der Waals surface area contributed by atoms with E-state index in [9.17, 15) is 4.79 Å². The molecule has 0 aromatic heterocycles. The number of carbonyl (C=O) groups is 1. The van der Waals surface area contributed by atoms with Crippen molar-refractivity contribution in [1.29, 1.82) is 0 Å². The Morgan fingerprint density at radius 3 is 2.43 bits per heavy atom. The van der Waals surface area contributed by atoms with E-state index in [-0.39, 0.29) is 24.1 Å². The molecule has 0 radical (unpaired) electrons. The van der Waals surface area contributed by atoms with Gasteiger partial charge in [0, 0.05) is 12.1 Å². The first-order valence-electron chi connectivity index (χ1n) is 5.03. The van der Waals surface area contributed by atoms with Gasteiger partial charge in [-0.2, -0.15) is 0 Å². The molecule has 0 spiro atoms. The van der Waals surface area contributed by atoms with E-state index in [0.717, 1.165) is 0 Å². The molecule has 14 heavy (non-hydrogen) atoms. The minimum absolute atomic E-state index is 0.00422. The van der Waals surface area contributed by atoms with E-state index < -0.39 is 0 Å². The average Bonchev–Trinajstić information content (AvgIpc) is 2.01. The summed E-state index contributed by atoms with van der Waals surface area (Å²) >= 11 is 0. The van der Waals surface area contributed by atoms with Gasteiger partial charge in [-0.1, -0.05) is 0 Å². The molecule has 0 aliphatic rings. The smallest absolute Gasteiger partial charge is 0.237 e. The second-order valence-corrected chi connectivity index (χ2v) is 4.49. The Hall–Kier alpha value is -0.610. The van der Waals surface area contributed by atoms with Crippen LogP contribution >= 0.6 is 0 Å². The predicted molar refractivity (Wildman–Crippen MR) is 57.1 cm³/mol. The number of carbonyl (C=O) groups excluding carboxylic acids is 1. The van der Waals surface area contributed by atoms with Crippen LogP contribution in [0.3, 0.4) is 0 Å². The van der Waals surface area contributed by atoms with E-state index in [1.54, 1.807) is 0 Å². The molecule has 1 atom stereocenters. The molecule has 4 nitrogen and oxygen atoms in total. The molecule has 0 fully saturated rings. The minimum Gasteiger partial charge on any atom is -0.396 e. The fourth-order valence-electron chi connectivity index (χ4n) is 0.968. The van der Waals surface area contributed by atoms with E-state index in [0.29, 0.717) is 13.0 Å². The zero-order valence-electron chi connectivity index (χ0n) is 9.55. The quantitative estimate of drug-likeness (QED) is 0.560. The van der Waals surface area contributed by atoms with Crippen molar-refractivity contribution in [2.45, 2.75) is 45.7 Å². The van der Waals surface area contributed by atoms with E-state index in [1.807, 2.05) is 27.7 Å². The van der Waals surface area contributed by atoms with Crippen LogP contribution < -0.4 is 10.6 Å². The highest BCUT2D eigenvalue weighted by Crippen LogP contribution is 1.99. The fourth-order valence-corrected chi connectivity index (χ4v) is 0.968. The van der Waals surface area contributed by atoms with Crippen LogP contribution in [0.25, 0.3) is 0 Å². The lowest BCUT2D eigenvalue weighted by Gasteiger charge is -2.23. The van der Waals surface area contributed by atoms with E-state index in [2.05, 4.69) is 10.6 Å². The zero-order valence-corrected chi connectivity index (χ0v) is 9.55. The van der Waals surface area contributed by atoms with Gasteiger partial charge in [0.15, 0.2) is 0 Å². The minimum atomic E-state index is -0.208. The molecule has 0 aliphatic heterocycles. The lowest BCUT2D eigenvalue weighted by Crippen LogP contribution is -2.49. The van der Waals surface area contributed by atoms with Crippen LogP contribution in [0.15, 0.2) is 0 Å².